The van der Waals surface area contributed by atoms with E-state index in [1.165, 1.54) is 12.1 Å². The summed E-state index contributed by atoms with van der Waals surface area (Å²) >= 11 is 0. The van der Waals surface area contributed by atoms with Crippen LogP contribution in [0.25, 0.3) is 0 Å². The molecule has 0 heterocycles. The van der Waals surface area contributed by atoms with Crippen LogP contribution in [0.3, 0.4) is 0 Å². The molecule has 13 heavy (non-hydrogen) atoms. The van der Waals surface area contributed by atoms with E-state index in [9.17, 15) is 17.6 Å². The van der Waals surface area contributed by atoms with Crippen LogP contribution in [0.15, 0.2) is 24.3 Å². The van der Waals surface area contributed by atoms with E-state index in [0.717, 1.165) is 17.7 Å². The number of alkyl halides is 4. The third-order valence-electron chi connectivity index (χ3n) is 1.71. The summed E-state index contributed by atoms with van der Waals surface area (Å²) in [6.45, 7) is 1.70. The van der Waals surface area contributed by atoms with Gasteiger partial charge in [-0.25, -0.2) is 8.78 Å². The van der Waals surface area contributed by atoms with Gasteiger partial charge < -0.3 is 0 Å². The Kier molecular flexibility index (Phi) is 2.59. The zero-order chi connectivity index (χ0) is 10.1. The summed E-state index contributed by atoms with van der Waals surface area (Å²) in [5, 5.41) is 0. The highest BCUT2D eigenvalue weighted by Crippen LogP contribution is 2.34. The van der Waals surface area contributed by atoms with Gasteiger partial charge in [-0.15, -0.1) is 0 Å². The molecule has 1 rings (SSSR count). The predicted octanol–water partition coefficient (Wildman–Crippen LogP) is 3.35. The van der Waals surface area contributed by atoms with Gasteiger partial charge in [0.25, 0.3) is 0 Å². The minimum Gasteiger partial charge on any atom is -0.203 e. The Morgan fingerprint density at radius 2 is 1.54 bits per heavy atom. The number of aryl methyl sites for hydroxylation is 1. The van der Waals surface area contributed by atoms with Crippen LogP contribution in [-0.2, 0) is 5.92 Å². The van der Waals surface area contributed by atoms with Gasteiger partial charge in [-0.3, -0.25) is 0 Å². The average molecular weight is 192 g/mol. The highest BCUT2D eigenvalue weighted by molar-refractivity contribution is 5.25. The quantitative estimate of drug-likeness (QED) is 0.630. The van der Waals surface area contributed by atoms with E-state index in [2.05, 4.69) is 0 Å². The summed E-state index contributed by atoms with van der Waals surface area (Å²) in [7, 11) is 0. The normalized spacial score (nSPS) is 12.2. The Hall–Kier alpha value is -1.06. The maximum absolute atomic E-state index is 12.7. The van der Waals surface area contributed by atoms with Gasteiger partial charge in [-0.05, 0) is 6.92 Å². The van der Waals surface area contributed by atoms with Crippen LogP contribution in [0, 0.1) is 6.92 Å². The fraction of sp³-hybridized carbons (Fsp3) is 0.333. The van der Waals surface area contributed by atoms with Crippen LogP contribution >= 0.6 is 0 Å². The zero-order valence-corrected chi connectivity index (χ0v) is 6.90. The molecule has 1 aromatic rings. The summed E-state index contributed by atoms with van der Waals surface area (Å²) in [4.78, 5) is 0. The Labute approximate surface area is 73.2 Å². The van der Waals surface area contributed by atoms with Crippen LogP contribution in [0.1, 0.15) is 11.1 Å². The maximum atomic E-state index is 12.7. The van der Waals surface area contributed by atoms with Gasteiger partial charge in [0.1, 0.15) is 0 Å². The maximum Gasteiger partial charge on any atom is 0.332 e. The molecule has 0 aromatic heterocycles. The topological polar surface area (TPSA) is 0 Å². The van der Waals surface area contributed by atoms with Crippen molar-refractivity contribution in [3.8, 4) is 0 Å². The minimum atomic E-state index is -4.05. The molecule has 0 atom stereocenters. The summed E-state index contributed by atoms with van der Waals surface area (Å²) in [5.74, 6) is -4.05. The third-order valence-corrected chi connectivity index (χ3v) is 1.71. The molecule has 0 spiro atoms. The zero-order valence-electron chi connectivity index (χ0n) is 6.90. The van der Waals surface area contributed by atoms with Gasteiger partial charge in [-0.2, -0.15) is 8.78 Å². The van der Waals surface area contributed by atoms with Crippen molar-refractivity contribution in [2.75, 3.05) is 0 Å². The first-order valence-corrected chi connectivity index (χ1v) is 3.67. The van der Waals surface area contributed by atoms with Crippen molar-refractivity contribution in [3.05, 3.63) is 35.4 Å². The molecular formula is C9H8F4. The lowest BCUT2D eigenvalue weighted by atomic mass is 10.1. The fourth-order valence-corrected chi connectivity index (χ4v) is 0.902. The average Bonchev–Trinajstić information content (AvgIpc) is 2.04. The van der Waals surface area contributed by atoms with Gasteiger partial charge >= 0.3 is 12.3 Å². The first-order valence-electron chi connectivity index (χ1n) is 3.67. The van der Waals surface area contributed by atoms with Crippen molar-refractivity contribution in [2.24, 2.45) is 0 Å². The monoisotopic (exact) mass is 192 g/mol. The summed E-state index contributed by atoms with van der Waals surface area (Å²) in [6.07, 6.45) is -3.66. The van der Waals surface area contributed by atoms with E-state index in [-0.39, 0.29) is 0 Å². The molecular weight excluding hydrogens is 184 g/mol. The largest absolute Gasteiger partial charge is 0.332 e. The molecule has 0 bridgehead atoms. The highest BCUT2D eigenvalue weighted by atomic mass is 19.3. The molecule has 0 amide bonds. The van der Waals surface area contributed by atoms with Crippen molar-refractivity contribution in [3.63, 3.8) is 0 Å². The van der Waals surface area contributed by atoms with Crippen LogP contribution in [0.4, 0.5) is 17.6 Å². The van der Waals surface area contributed by atoms with E-state index in [1.807, 2.05) is 0 Å². The molecule has 0 aliphatic carbocycles. The van der Waals surface area contributed by atoms with Gasteiger partial charge in [0, 0.05) is 5.56 Å². The first kappa shape index (κ1) is 10.0. The minimum absolute atomic E-state index is 0.645. The van der Waals surface area contributed by atoms with E-state index in [0.29, 0.717) is 0 Å². The molecule has 0 unspecified atom stereocenters. The van der Waals surface area contributed by atoms with Crippen molar-refractivity contribution in [1.82, 2.24) is 0 Å². The molecule has 72 valence electrons. The summed E-state index contributed by atoms with van der Waals surface area (Å²) in [6, 6.07) is 4.79. The molecule has 0 fully saturated rings. The summed E-state index contributed by atoms with van der Waals surface area (Å²) < 4.78 is 49.0. The molecule has 0 saturated carbocycles. The van der Waals surface area contributed by atoms with E-state index < -0.39 is 17.9 Å². The second-order valence-electron chi connectivity index (χ2n) is 2.79. The van der Waals surface area contributed by atoms with E-state index >= 15 is 0 Å². The van der Waals surface area contributed by atoms with Crippen molar-refractivity contribution in [2.45, 2.75) is 19.3 Å². The Balaban J connectivity index is 3.01. The van der Waals surface area contributed by atoms with Crippen LogP contribution in [0.2, 0.25) is 0 Å². The van der Waals surface area contributed by atoms with Gasteiger partial charge in [0.05, 0.1) is 0 Å². The smallest absolute Gasteiger partial charge is 0.203 e. The Bertz CT molecular complexity index is 276. The SMILES string of the molecule is Cc1ccc(C(F)(F)C(F)F)cc1. The molecule has 0 aliphatic rings. The number of hydrogen-bond donors (Lipinski definition) is 0. The lowest BCUT2D eigenvalue weighted by molar-refractivity contribution is -0.135. The highest BCUT2D eigenvalue weighted by Gasteiger charge is 2.42. The van der Waals surface area contributed by atoms with E-state index in [1.54, 1.807) is 6.92 Å². The lowest BCUT2D eigenvalue weighted by Crippen LogP contribution is -2.23. The lowest BCUT2D eigenvalue weighted by Gasteiger charge is -2.15. The molecule has 0 radical (unpaired) electrons. The van der Waals surface area contributed by atoms with Crippen molar-refractivity contribution >= 4 is 0 Å². The van der Waals surface area contributed by atoms with Crippen molar-refractivity contribution in [1.29, 1.82) is 0 Å². The van der Waals surface area contributed by atoms with Crippen molar-refractivity contribution < 1.29 is 17.6 Å². The third kappa shape index (κ3) is 1.99. The molecule has 0 aliphatic heterocycles. The second kappa shape index (κ2) is 3.36. The Morgan fingerprint density at radius 1 is 1.08 bits per heavy atom. The van der Waals surface area contributed by atoms with Crippen LogP contribution in [0.5, 0.6) is 0 Å². The molecule has 0 nitrogen and oxygen atoms in total. The molecule has 0 saturated heterocycles. The number of benzene rings is 1. The van der Waals surface area contributed by atoms with Crippen LogP contribution < -0.4 is 0 Å². The number of rotatable bonds is 2. The second-order valence-corrected chi connectivity index (χ2v) is 2.79. The molecule has 4 heteroatoms. The van der Waals surface area contributed by atoms with E-state index in [4.69, 9.17) is 0 Å². The molecule has 1 aromatic carbocycles. The fourth-order valence-electron chi connectivity index (χ4n) is 0.902. The Morgan fingerprint density at radius 3 is 1.92 bits per heavy atom. The molecule has 0 N–H and O–H groups in total. The van der Waals surface area contributed by atoms with Gasteiger partial charge in [-0.1, -0.05) is 29.8 Å². The predicted molar refractivity (Wildman–Crippen MR) is 41.1 cm³/mol. The van der Waals surface area contributed by atoms with Gasteiger partial charge in [0.15, 0.2) is 0 Å². The first-order chi connectivity index (χ1) is 5.94. The number of hydrogen-bond acceptors (Lipinski definition) is 0. The standard InChI is InChI=1S/C9H8F4/c1-6-2-4-7(5-3-6)9(12,13)8(10)11/h2-5,8H,1H3. The van der Waals surface area contributed by atoms with Crippen LogP contribution in [-0.4, -0.2) is 6.43 Å². The van der Waals surface area contributed by atoms with Gasteiger partial charge in [0.2, 0.25) is 0 Å². The summed E-state index contributed by atoms with van der Waals surface area (Å²) in [5.41, 5.74) is 0.113. The number of halogens is 4.